The van der Waals surface area contributed by atoms with Crippen LogP contribution >= 0.6 is 0 Å². The Morgan fingerprint density at radius 2 is 1.88 bits per heavy atom. The Hall–Kier alpha value is -2.95. The van der Waals surface area contributed by atoms with Crippen molar-refractivity contribution in [3.63, 3.8) is 0 Å². The first-order chi connectivity index (χ1) is 12.7. The van der Waals surface area contributed by atoms with E-state index in [0.29, 0.717) is 30.4 Å². The van der Waals surface area contributed by atoms with Gasteiger partial charge < -0.3 is 19.5 Å². The molecule has 0 spiro atoms. The third-order valence-electron chi connectivity index (χ3n) is 3.88. The van der Waals surface area contributed by atoms with Crippen molar-refractivity contribution in [1.29, 1.82) is 0 Å². The largest absolute Gasteiger partial charge is 0.494 e. The maximum absolute atomic E-state index is 12.1. The number of carbonyl (C=O) groups is 1. The zero-order chi connectivity index (χ0) is 18.2. The number of rotatable bonds is 7. The molecule has 2 aromatic rings. The van der Waals surface area contributed by atoms with Crippen LogP contribution in [0.1, 0.15) is 25.3 Å². The number of carbonyl (C=O) groups excluding carboxylic acids is 1. The number of anilines is 1. The Kier molecular flexibility index (Phi) is 6.14. The third kappa shape index (κ3) is 5.02. The van der Waals surface area contributed by atoms with Crippen molar-refractivity contribution < 1.29 is 19.0 Å². The van der Waals surface area contributed by atoms with Gasteiger partial charge in [-0.05, 0) is 42.3 Å². The quantitative estimate of drug-likeness (QED) is 0.596. The van der Waals surface area contributed by atoms with Gasteiger partial charge in [0.1, 0.15) is 19.0 Å². The highest BCUT2D eigenvalue weighted by atomic mass is 16.6. The fourth-order valence-electron chi connectivity index (χ4n) is 2.49. The number of benzene rings is 2. The Morgan fingerprint density at radius 1 is 1.12 bits per heavy atom. The van der Waals surface area contributed by atoms with Crippen LogP contribution in [0.25, 0.3) is 6.08 Å². The average Bonchev–Trinajstić information content (AvgIpc) is 2.67. The predicted molar refractivity (Wildman–Crippen MR) is 102 cm³/mol. The number of hydrogen-bond acceptors (Lipinski definition) is 4. The summed E-state index contributed by atoms with van der Waals surface area (Å²) in [7, 11) is 0. The Labute approximate surface area is 153 Å². The van der Waals surface area contributed by atoms with Crippen molar-refractivity contribution in [2.24, 2.45) is 0 Å². The first-order valence-electron chi connectivity index (χ1n) is 8.86. The number of hydrogen-bond donors (Lipinski definition) is 1. The van der Waals surface area contributed by atoms with Crippen LogP contribution in [0, 0.1) is 0 Å². The second kappa shape index (κ2) is 8.94. The molecule has 0 fully saturated rings. The second-order valence-electron chi connectivity index (χ2n) is 5.95. The molecule has 2 aromatic carbocycles. The van der Waals surface area contributed by atoms with Crippen molar-refractivity contribution >= 4 is 17.7 Å². The van der Waals surface area contributed by atoms with E-state index in [1.54, 1.807) is 24.3 Å². The lowest BCUT2D eigenvalue weighted by Crippen LogP contribution is -2.16. The van der Waals surface area contributed by atoms with E-state index < -0.39 is 0 Å². The molecule has 0 saturated carbocycles. The number of unbranched alkanes of at least 4 members (excludes halogenated alkanes) is 1. The van der Waals surface area contributed by atoms with E-state index in [9.17, 15) is 4.79 Å². The summed E-state index contributed by atoms with van der Waals surface area (Å²) in [6, 6.07) is 13.0. The van der Waals surface area contributed by atoms with Crippen molar-refractivity contribution in [3.8, 4) is 17.2 Å². The SMILES string of the molecule is CCCCOc1ccc(/C=C/C(=O)Nc2ccc3c(c2)OCCO3)cc1. The van der Waals surface area contributed by atoms with Crippen LogP contribution < -0.4 is 19.5 Å². The van der Waals surface area contributed by atoms with Gasteiger partial charge >= 0.3 is 0 Å². The zero-order valence-electron chi connectivity index (χ0n) is 14.9. The summed E-state index contributed by atoms with van der Waals surface area (Å²) in [5, 5.41) is 2.82. The first kappa shape index (κ1) is 17.9. The third-order valence-corrected chi connectivity index (χ3v) is 3.88. The van der Waals surface area contributed by atoms with Crippen molar-refractivity contribution in [1.82, 2.24) is 0 Å². The molecule has 5 heteroatoms. The van der Waals surface area contributed by atoms with Gasteiger partial charge in [-0.15, -0.1) is 0 Å². The van der Waals surface area contributed by atoms with Crippen molar-refractivity contribution in [2.75, 3.05) is 25.1 Å². The highest BCUT2D eigenvalue weighted by Gasteiger charge is 2.12. The lowest BCUT2D eigenvalue weighted by atomic mass is 10.2. The van der Waals surface area contributed by atoms with Crippen LogP contribution in [-0.2, 0) is 4.79 Å². The molecule has 1 heterocycles. The molecule has 0 bridgehead atoms. The first-order valence-corrected chi connectivity index (χ1v) is 8.86. The highest BCUT2D eigenvalue weighted by molar-refractivity contribution is 6.02. The lowest BCUT2D eigenvalue weighted by Gasteiger charge is -2.18. The summed E-state index contributed by atoms with van der Waals surface area (Å²) in [6.07, 6.45) is 5.42. The fourth-order valence-corrected chi connectivity index (χ4v) is 2.49. The van der Waals surface area contributed by atoms with Gasteiger partial charge in [-0.25, -0.2) is 0 Å². The van der Waals surface area contributed by atoms with Crippen LogP contribution in [0.3, 0.4) is 0 Å². The normalized spacial score (nSPS) is 12.8. The summed E-state index contributed by atoms with van der Waals surface area (Å²) < 4.78 is 16.6. The topological polar surface area (TPSA) is 56.8 Å². The molecule has 26 heavy (non-hydrogen) atoms. The molecule has 1 aliphatic rings. The number of amides is 1. The van der Waals surface area contributed by atoms with E-state index in [0.717, 1.165) is 30.8 Å². The Balaban J connectivity index is 1.54. The molecule has 0 radical (unpaired) electrons. The Bertz CT molecular complexity index is 768. The van der Waals surface area contributed by atoms with Crippen LogP contribution in [0.15, 0.2) is 48.5 Å². The molecule has 0 atom stereocenters. The average molecular weight is 353 g/mol. The van der Waals surface area contributed by atoms with Crippen LogP contribution in [-0.4, -0.2) is 25.7 Å². The van der Waals surface area contributed by atoms with Crippen molar-refractivity contribution in [3.05, 3.63) is 54.1 Å². The van der Waals surface area contributed by atoms with E-state index in [1.807, 2.05) is 24.3 Å². The van der Waals surface area contributed by atoms with Gasteiger partial charge in [-0.2, -0.15) is 0 Å². The summed E-state index contributed by atoms with van der Waals surface area (Å²) in [5.41, 5.74) is 1.61. The summed E-state index contributed by atoms with van der Waals surface area (Å²) in [5.74, 6) is 1.99. The number of nitrogens with one attached hydrogen (secondary N) is 1. The molecule has 5 nitrogen and oxygen atoms in total. The van der Waals surface area contributed by atoms with Gasteiger partial charge in [0.05, 0.1) is 6.61 Å². The minimum Gasteiger partial charge on any atom is -0.494 e. The van der Waals surface area contributed by atoms with Crippen LogP contribution in [0.2, 0.25) is 0 Å². The van der Waals surface area contributed by atoms with E-state index in [4.69, 9.17) is 14.2 Å². The predicted octanol–water partition coefficient (Wildman–Crippen LogP) is 4.29. The smallest absolute Gasteiger partial charge is 0.248 e. The van der Waals surface area contributed by atoms with Gasteiger partial charge in [0.15, 0.2) is 11.5 Å². The summed E-state index contributed by atoms with van der Waals surface area (Å²) in [6.45, 7) is 3.92. The summed E-state index contributed by atoms with van der Waals surface area (Å²) >= 11 is 0. The fraction of sp³-hybridized carbons (Fsp3) is 0.286. The van der Waals surface area contributed by atoms with E-state index in [1.165, 1.54) is 6.08 Å². The van der Waals surface area contributed by atoms with Gasteiger partial charge in [-0.1, -0.05) is 25.5 Å². The minimum atomic E-state index is -0.204. The van der Waals surface area contributed by atoms with Crippen LogP contribution in [0.5, 0.6) is 17.2 Å². The lowest BCUT2D eigenvalue weighted by molar-refractivity contribution is -0.111. The molecule has 0 aromatic heterocycles. The molecule has 1 aliphatic heterocycles. The zero-order valence-corrected chi connectivity index (χ0v) is 14.9. The maximum atomic E-state index is 12.1. The molecule has 1 N–H and O–H groups in total. The number of fused-ring (bicyclic) bond motifs is 1. The molecule has 0 aliphatic carbocycles. The van der Waals surface area contributed by atoms with Crippen molar-refractivity contribution in [2.45, 2.75) is 19.8 Å². The van der Waals surface area contributed by atoms with Crippen LogP contribution in [0.4, 0.5) is 5.69 Å². The molecule has 3 rings (SSSR count). The van der Waals surface area contributed by atoms with E-state index in [2.05, 4.69) is 12.2 Å². The van der Waals surface area contributed by atoms with E-state index >= 15 is 0 Å². The van der Waals surface area contributed by atoms with E-state index in [-0.39, 0.29) is 5.91 Å². The Morgan fingerprint density at radius 3 is 2.65 bits per heavy atom. The molecule has 0 unspecified atom stereocenters. The summed E-state index contributed by atoms with van der Waals surface area (Å²) in [4.78, 5) is 12.1. The number of ether oxygens (including phenoxy) is 3. The van der Waals surface area contributed by atoms with Gasteiger partial charge in [0.25, 0.3) is 0 Å². The van der Waals surface area contributed by atoms with Gasteiger partial charge in [0.2, 0.25) is 5.91 Å². The molecule has 1 amide bonds. The van der Waals surface area contributed by atoms with Gasteiger partial charge in [0, 0.05) is 17.8 Å². The molecular formula is C21H23NO4. The highest BCUT2D eigenvalue weighted by Crippen LogP contribution is 2.32. The second-order valence-corrected chi connectivity index (χ2v) is 5.95. The molecular weight excluding hydrogens is 330 g/mol. The standard InChI is InChI=1S/C21H23NO4/c1-2-3-12-24-18-8-4-16(5-9-18)6-11-21(23)22-17-7-10-19-20(15-17)26-14-13-25-19/h4-11,15H,2-3,12-14H2,1H3,(H,22,23)/b11-6+. The van der Waals surface area contributed by atoms with Gasteiger partial charge in [-0.3, -0.25) is 4.79 Å². The molecule has 0 saturated heterocycles. The minimum absolute atomic E-state index is 0.204. The maximum Gasteiger partial charge on any atom is 0.248 e. The molecule has 136 valence electrons. The monoisotopic (exact) mass is 353 g/mol.